The van der Waals surface area contributed by atoms with Crippen molar-refractivity contribution in [2.75, 3.05) is 0 Å². The number of hydrogen-bond donors (Lipinski definition) is 4. The Hall–Kier alpha value is -1.50. The highest BCUT2D eigenvalue weighted by atomic mass is 35.5. The van der Waals surface area contributed by atoms with Gasteiger partial charge >= 0.3 is 19.0 Å². The molecule has 0 aliphatic rings. The molecule has 0 bridgehead atoms. The Morgan fingerprint density at radius 1 is 0.576 bits per heavy atom. The first-order chi connectivity index (χ1) is 15.4. The van der Waals surface area contributed by atoms with Crippen molar-refractivity contribution in [2.45, 2.75) is 23.4 Å². The van der Waals surface area contributed by atoms with Gasteiger partial charge in [-0.3, -0.25) is 14.0 Å². The minimum absolute atomic E-state index is 0.963. The highest BCUT2D eigenvalue weighted by Crippen LogP contribution is 2.73. The van der Waals surface area contributed by atoms with Crippen molar-refractivity contribution in [3.05, 3.63) is 108 Å². The fraction of sp³-hybridized carbons (Fsp3) is 0.182. The number of alkyl halides is 2. The molecule has 178 valence electrons. The Morgan fingerprint density at radius 2 is 0.818 bits per heavy atom. The molecule has 0 atom stereocenters. The molecule has 0 unspecified atom stereocenters. The average Bonchev–Trinajstić information content (AvgIpc) is 2.75. The lowest BCUT2D eigenvalue weighted by atomic mass is 10.1. The number of benzene rings is 3. The molecular weight excluding hydrogens is 507 g/mol. The third-order valence-electron chi connectivity index (χ3n) is 4.45. The smallest absolute Gasteiger partial charge is 0.322 e. The minimum atomic E-state index is -5.22. The van der Waals surface area contributed by atoms with Gasteiger partial charge in [0.15, 0.2) is 0 Å². The summed E-state index contributed by atoms with van der Waals surface area (Å²) < 4.78 is 17.1. The lowest BCUT2D eigenvalue weighted by Gasteiger charge is -2.23. The molecular formula is C22H25Cl2NO6P2. The average molecular weight is 532 g/mol. The van der Waals surface area contributed by atoms with Gasteiger partial charge in [0.25, 0.3) is 0 Å². The quantitative estimate of drug-likeness (QED) is 0.229. The monoisotopic (exact) mass is 531 g/mol. The molecule has 0 spiro atoms. The number of halogens is 2. The first kappa shape index (κ1) is 27.7. The molecule has 0 fully saturated rings. The highest BCUT2D eigenvalue weighted by molar-refractivity contribution is 7.78. The van der Waals surface area contributed by atoms with Crippen LogP contribution in [0, 0.1) is 0 Å². The second kappa shape index (κ2) is 12.3. The lowest BCUT2D eigenvalue weighted by Crippen LogP contribution is -2.22. The van der Waals surface area contributed by atoms with Crippen LogP contribution in [0.25, 0.3) is 0 Å². The maximum Gasteiger partial charge on any atom is 0.373 e. The van der Waals surface area contributed by atoms with Crippen LogP contribution in [0.5, 0.6) is 0 Å². The molecule has 7 nitrogen and oxygen atoms in total. The van der Waals surface area contributed by atoms with Gasteiger partial charge < -0.3 is 19.6 Å². The molecule has 11 heteroatoms. The van der Waals surface area contributed by atoms with Gasteiger partial charge in [0.1, 0.15) is 0 Å². The van der Waals surface area contributed by atoms with Gasteiger partial charge in [-0.2, -0.15) is 0 Å². The molecule has 4 N–H and O–H groups in total. The summed E-state index contributed by atoms with van der Waals surface area (Å²) >= 11 is 9.46. The Morgan fingerprint density at radius 3 is 1.00 bits per heavy atom. The zero-order valence-electron chi connectivity index (χ0n) is 17.5. The fourth-order valence-corrected chi connectivity index (χ4v) is 4.22. The van der Waals surface area contributed by atoms with E-state index in [4.69, 9.17) is 42.8 Å². The molecule has 0 heterocycles. The first-order valence-corrected chi connectivity index (χ1v) is 13.7. The van der Waals surface area contributed by atoms with Crippen LogP contribution in [0.4, 0.5) is 0 Å². The normalized spacial score (nSPS) is 12.2. The van der Waals surface area contributed by atoms with Gasteiger partial charge in [-0.25, -0.2) is 0 Å². The van der Waals surface area contributed by atoms with Crippen LogP contribution in [0.1, 0.15) is 16.7 Å². The molecule has 0 saturated heterocycles. The largest absolute Gasteiger partial charge is 0.373 e. The molecule has 3 aromatic rings. The molecule has 0 amide bonds. The molecule has 0 aromatic heterocycles. The molecule has 3 aromatic carbocycles. The zero-order valence-corrected chi connectivity index (χ0v) is 20.8. The van der Waals surface area contributed by atoms with E-state index < -0.39 is 19.0 Å². The van der Waals surface area contributed by atoms with Gasteiger partial charge in [-0.05, 0) is 16.7 Å². The van der Waals surface area contributed by atoms with Gasteiger partial charge in [-0.1, -0.05) is 114 Å². The molecule has 0 saturated carbocycles. The number of nitrogens with zero attached hydrogens (tertiary/aromatic N) is 1. The van der Waals surface area contributed by atoms with E-state index in [2.05, 4.69) is 95.9 Å². The van der Waals surface area contributed by atoms with Crippen molar-refractivity contribution < 1.29 is 28.7 Å². The van der Waals surface area contributed by atoms with Crippen molar-refractivity contribution in [1.29, 1.82) is 0 Å². The first-order valence-electron chi connectivity index (χ1n) is 9.73. The van der Waals surface area contributed by atoms with Crippen LogP contribution in [-0.4, -0.2) is 28.3 Å². The zero-order chi connectivity index (χ0) is 24.5. The Bertz CT molecular complexity index is 953. The Labute approximate surface area is 202 Å². The second-order valence-corrected chi connectivity index (χ2v) is 13.5. The van der Waals surface area contributed by atoms with E-state index in [1.807, 2.05) is 0 Å². The third kappa shape index (κ3) is 8.99. The second-order valence-electron chi connectivity index (χ2n) is 7.20. The van der Waals surface area contributed by atoms with Crippen LogP contribution >= 0.6 is 38.4 Å². The summed E-state index contributed by atoms with van der Waals surface area (Å²) in [5, 5.41) is 0. The maximum atomic E-state index is 10.2. The lowest BCUT2D eigenvalue weighted by molar-refractivity contribution is 0.247. The summed E-state index contributed by atoms with van der Waals surface area (Å²) in [6.07, 6.45) is 0. The number of rotatable bonds is 8. The van der Waals surface area contributed by atoms with Crippen LogP contribution < -0.4 is 0 Å². The van der Waals surface area contributed by atoms with Crippen molar-refractivity contribution >= 4 is 38.4 Å². The summed E-state index contributed by atoms with van der Waals surface area (Å²) in [6, 6.07) is 32.1. The summed E-state index contributed by atoms with van der Waals surface area (Å²) in [6.45, 7) is 2.89. The molecule has 0 aliphatic carbocycles. The molecule has 33 heavy (non-hydrogen) atoms. The Balaban J connectivity index is 0.000000299. The van der Waals surface area contributed by atoms with Gasteiger partial charge in [0, 0.05) is 19.6 Å². The fourth-order valence-electron chi connectivity index (χ4n) is 2.86. The SMILES string of the molecule is O=P(O)(O)C(Cl)(Cl)P(=O)(O)O.c1ccc(CN(Cc2ccccc2)Cc2ccccc2)cc1. The van der Waals surface area contributed by atoms with E-state index in [1.165, 1.54) is 16.7 Å². The van der Waals surface area contributed by atoms with Crippen molar-refractivity contribution in [2.24, 2.45) is 0 Å². The predicted molar refractivity (Wildman–Crippen MR) is 131 cm³/mol. The maximum absolute atomic E-state index is 10.2. The van der Waals surface area contributed by atoms with Crippen LogP contribution in [0.3, 0.4) is 0 Å². The Kier molecular flexibility index (Phi) is 10.3. The minimum Gasteiger partial charge on any atom is -0.322 e. The summed E-state index contributed by atoms with van der Waals surface area (Å²) in [5.41, 5.74) is 4.07. The van der Waals surface area contributed by atoms with Crippen molar-refractivity contribution in [1.82, 2.24) is 4.90 Å². The summed E-state index contributed by atoms with van der Waals surface area (Å²) in [7, 11) is -10.4. The van der Waals surface area contributed by atoms with Crippen LogP contribution in [0.2, 0.25) is 0 Å². The topological polar surface area (TPSA) is 118 Å². The van der Waals surface area contributed by atoms with Gasteiger partial charge in [0.2, 0.25) is 0 Å². The standard InChI is InChI=1S/C21H21N.CH4Cl2O6P2/c1-4-10-19(11-5-1)16-22(17-20-12-6-2-7-13-20)18-21-14-8-3-9-15-21;2-1(3,10(4,5)6)11(7,8)9/h1-15H,16-18H2;(H2,4,5,6)(H2,7,8,9). The molecule has 0 radical (unpaired) electrons. The van der Waals surface area contributed by atoms with E-state index in [-0.39, 0.29) is 0 Å². The van der Waals surface area contributed by atoms with Crippen molar-refractivity contribution in [3.63, 3.8) is 0 Å². The van der Waals surface area contributed by atoms with E-state index in [0.29, 0.717) is 0 Å². The summed E-state index contributed by atoms with van der Waals surface area (Å²) in [5.74, 6) is 0. The van der Waals surface area contributed by atoms with Gasteiger partial charge in [-0.15, -0.1) is 0 Å². The third-order valence-corrected chi connectivity index (χ3v) is 10.1. The molecule has 0 aliphatic heterocycles. The van der Waals surface area contributed by atoms with Crippen LogP contribution in [0.15, 0.2) is 91.0 Å². The predicted octanol–water partition coefficient (Wildman–Crippen LogP) is 5.32. The molecule has 3 rings (SSSR count). The van der Waals surface area contributed by atoms with E-state index >= 15 is 0 Å². The van der Waals surface area contributed by atoms with E-state index in [9.17, 15) is 9.13 Å². The highest BCUT2D eigenvalue weighted by Gasteiger charge is 2.58. The van der Waals surface area contributed by atoms with E-state index in [0.717, 1.165) is 19.6 Å². The van der Waals surface area contributed by atoms with Crippen molar-refractivity contribution in [3.8, 4) is 0 Å². The van der Waals surface area contributed by atoms with E-state index in [1.54, 1.807) is 0 Å². The van der Waals surface area contributed by atoms with Gasteiger partial charge in [0.05, 0.1) is 0 Å². The summed E-state index contributed by atoms with van der Waals surface area (Å²) in [4.78, 5) is 35.4. The van der Waals surface area contributed by atoms with Crippen LogP contribution in [-0.2, 0) is 28.8 Å². The number of hydrogen-bond acceptors (Lipinski definition) is 3.